The SMILES string of the molecule is CCc1nn(C[C@@H](C)COC(=O)c2cc(C(C)(C)F)ccc2F)c2c1C(=O)NCC1(CCOCC1)C2. The Morgan fingerprint density at radius 1 is 1.33 bits per heavy atom. The summed E-state index contributed by atoms with van der Waals surface area (Å²) in [6, 6.07) is 3.61. The van der Waals surface area contributed by atoms with Gasteiger partial charge in [0, 0.05) is 32.2 Å². The molecule has 0 saturated carbocycles. The number of carbonyl (C=O) groups excluding carboxylic acids is 2. The number of benzene rings is 1. The number of hydrogen-bond donors (Lipinski definition) is 1. The predicted octanol–water partition coefficient (Wildman–Crippen LogP) is 4.37. The standard InChI is InChI=1S/C27H35F2N3O4/c1-5-21-23-22(13-27(16-30-24(23)33)8-10-35-11-9-27)32(31-21)14-17(2)15-36-25(34)19-12-18(26(3,4)29)6-7-20(19)28/h6-7,12,17H,5,8-11,13-16H2,1-4H3,(H,30,33)/t17-/m1/s1. The Hall–Kier alpha value is -2.81. The first-order chi connectivity index (χ1) is 17.0. The number of aromatic nitrogens is 2. The molecular formula is C27H35F2N3O4. The molecule has 1 atom stereocenters. The van der Waals surface area contributed by atoms with Crippen LogP contribution in [0.25, 0.3) is 0 Å². The summed E-state index contributed by atoms with van der Waals surface area (Å²) in [5.41, 5.74) is 0.455. The van der Waals surface area contributed by atoms with Gasteiger partial charge in [0.25, 0.3) is 5.91 Å². The normalized spacial score (nSPS) is 18.3. The van der Waals surface area contributed by atoms with Gasteiger partial charge in [-0.3, -0.25) is 9.48 Å². The Morgan fingerprint density at radius 3 is 2.72 bits per heavy atom. The highest BCUT2D eigenvalue weighted by molar-refractivity contribution is 5.97. The van der Waals surface area contributed by atoms with Crippen molar-refractivity contribution < 1.29 is 27.8 Å². The Bertz CT molecular complexity index is 1130. The first kappa shape index (κ1) is 26.3. The van der Waals surface area contributed by atoms with Gasteiger partial charge in [0.1, 0.15) is 11.5 Å². The van der Waals surface area contributed by atoms with Gasteiger partial charge in [0.05, 0.1) is 29.1 Å². The molecule has 1 spiro atoms. The van der Waals surface area contributed by atoms with Crippen LogP contribution in [-0.4, -0.2) is 48.0 Å². The van der Waals surface area contributed by atoms with Crippen LogP contribution in [0, 0.1) is 17.2 Å². The van der Waals surface area contributed by atoms with Crippen LogP contribution in [0.4, 0.5) is 8.78 Å². The fourth-order valence-corrected chi connectivity index (χ4v) is 5.02. The van der Waals surface area contributed by atoms with Crippen molar-refractivity contribution in [2.45, 2.75) is 65.6 Å². The summed E-state index contributed by atoms with van der Waals surface area (Å²) in [6.45, 7) is 9.00. The molecule has 1 fully saturated rings. The highest BCUT2D eigenvalue weighted by atomic mass is 19.1. The molecule has 1 saturated heterocycles. The van der Waals surface area contributed by atoms with E-state index in [0.29, 0.717) is 38.3 Å². The highest BCUT2D eigenvalue weighted by Gasteiger charge is 2.39. The Morgan fingerprint density at radius 2 is 2.06 bits per heavy atom. The molecule has 0 unspecified atom stereocenters. The minimum atomic E-state index is -1.71. The van der Waals surface area contributed by atoms with Crippen molar-refractivity contribution in [1.29, 1.82) is 0 Å². The number of carbonyl (C=O) groups is 2. The van der Waals surface area contributed by atoms with Crippen molar-refractivity contribution in [2.75, 3.05) is 26.4 Å². The van der Waals surface area contributed by atoms with Crippen LogP contribution in [0.5, 0.6) is 0 Å². The van der Waals surface area contributed by atoms with Crippen molar-refractivity contribution in [3.63, 3.8) is 0 Å². The number of hydrogen-bond acceptors (Lipinski definition) is 5. The monoisotopic (exact) mass is 503 g/mol. The molecule has 1 amide bonds. The van der Waals surface area contributed by atoms with Gasteiger partial charge in [-0.15, -0.1) is 0 Å². The summed E-state index contributed by atoms with van der Waals surface area (Å²) in [6.07, 6.45) is 3.09. The van der Waals surface area contributed by atoms with E-state index in [4.69, 9.17) is 14.6 Å². The molecule has 1 aromatic carbocycles. The number of amides is 1. The molecule has 0 bridgehead atoms. The van der Waals surface area contributed by atoms with Crippen LogP contribution in [0.2, 0.25) is 0 Å². The number of rotatable bonds is 7. The van der Waals surface area contributed by atoms with Gasteiger partial charge in [0.2, 0.25) is 0 Å². The fraction of sp³-hybridized carbons (Fsp3) is 0.593. The van der Waals surface area contributed by atoms with Crippen molar-refractivity contribution in [3.05, 3.63) is 52.1 Å². The second kappa shape index (κ2) is 10.3. The average Bonchev–Trinajstić information content (AvgIpc) is 3.10. The van der Waals surface area contributed by atoms with Gasteiger partial charge in [-0.05, 0) is 62.6 Å². The largest absolute Gasteiger partial charge is 0.462 e. The summed E-state index contributed by atoms with van der Waals surface area (Å²) >= 11 is 0. The summed E-state index contributed by atoms with van der Waals surface area (Å²) in [5.74, 6) is -1.83. The molecule has 9 heteroatoms. The molecular weight excluding hydrogens is 468 g/mol. The van der Waals surface area contributed by atoms with Crippen LogP contribution in [0.15, 0.2) is 18.2 Å². The maximum atomic E-state index is 14.3. The van der Waals surface area contributed by atoms with Gasteiger partial charge in [-0.1, -0.05) is 19.9 Å². The van der Waals surface area contributed by atoms with E-state index in [-0.39, 0.29) is 35.0 Å². The maximum Gasteiger partial charge on any atom is 0.341 e. The molecule has 2 aliphatic rings. The lowest BCUT2D eigenvalue weighted by atomic mass is 9.76. The highest BCUT2D eigenvalue weighted by Crippen LogP contribution is 2.37. The fourth-order valence-electron chi connectivity index (χ4n) is 5.02. The quantitative estimate of drug-likeness (QED) is 0.568. The van der Waals surface area contributed by atoms with Gasteiger partial charge in [-0.2, -0.15) is 5.10 Å². The van der Waals surface area contributed by atoms with Crippen LogP contribution in [0.1, 0.15) is 78.2 Å². The molecule has 1 aromatic heterocycles. The van der Waals surface area contributed by atoms with Gasteiger partial charge < -0.3 is 14.8 Å². The van der Waals surface area contributed by atoms with E-state index in [1.165, 1.54) is 26.0 Å². The Balaban J connectivity index is 1.49. The lowest BCUT2D eigenvalue weighted by molar-refractivity contribution is 0.0151. The summed E-state index contributed by atoms with van der Waals surface area (Å²) in [4.78, 5) is 25.6. The zero-order valence-electron chi connectivity index (χ0n) is 21.5. The second-order valence-corrected chi connectivity index (χ2v) is 10.6. The van der Waals surface area contributed by atoms with Crippen LogP contribution < -0.4 is 5.32 Å². The Labute approximate surface area is 210 Å². The van der Waals surface area contributed by atoms with Crippen molar-refractivity contribution in [3.8, 4) is 0 Å². The lowest BCUT2D eigenvalue weighted by Crippen LogP contribution is -2.41. The molecule has 196 valence electrons. The zero-order chi connectivity index (χ0) is 26.1. The molecule has 2 aromatic rings. The molecule has 0 radical (unpaired) electrons. The topological polar surface area (TPSA) is 82.5 Å². The molecule has 2 aliphatic heterocycles. The number of esters is 1. The molecule has 36 heavy (non-hydrogen) atoms. The van der Waals surface area contributed by atoms with Crippen molar-refractivity contribution in [2.24, 2.45) is 11.3 Å². The third-order valence-corrected chi connectivity index (χ3v) is 7.27. The van der Waals surface area contributed by atoms with Gasteiger partial charge >= 0.3 is 5.97 Å². The molecule has 4 rings (SSSR count). The number of ether oxygens (including phenoxy) is 2. The van der Waals surface area contributed by atoms with Crippen molar-refractivity contribution >= 4 is 11.9 Å². The smallest absolute Gasteiger partial charge is 0.341 e. The molecule has 0 aliphatic carbocycles. The molecule has 1 N–H and O–H groups in total. The first-order valence-corrected chi connectivity index (χ1v) is 12.6. The zero-order valence-corrected chi connectivity index (χ0v) is 21.5. The first-order valence-electron chi connectivity index (χ1n) is 12.6. The molecule has 7 nitrogen and oxygen atoms in total. The number of halogens is 2. The molecule has 3 heterocycles. The predicted molar refractivity (Wildman–Crippen MR) is 130 cm³/mol. The number of nitrogens with zero attached hydrogens (tertiary/aromatic N) is 2. The third-order valence-electron chi connectivity index (χ3n) is 7.27. The van der Waals surface area contributed by atoms with E-state index in [2.05, 4.69) is 5.32 Å². The summed E-state index contributed by atoms with van der Waals surface area (Å²) in [5, 5.41) is 7.84. The Kier molecular flexibility index (Phi) is 7.50. The number of nitrogens with one attached hydrogen (secondary N) is 1. The summed E-state index contributed by atoms with van der Waals surface area (Å²) in [7, 11) is 0. The van der Waals surface area contributed by atoms with E-state index in [1.807, 2.05) is 18.5 Å². The van der Waals surface area contributed by atoms with Crippen LogP contribution >= 0.6 is 0 Å². The van der Waals surface area contributed by atoms with E-state index >= 15 is 0 Å². The van der Waals surface area contributed by atoms with Gasteiger partial charge in [0.15, 0.2) is 0 Å². The van der Waals surface area contributed by atoms with E-state index in [1.54, 1.807) is 0 Å². The van der Waals surface area contributed by atoms with Crippen LogP contribution in [-0.2, 0) is 34.5 Å². The van der Waals surface area contributed by atoms with Crippen molar-refractivity contribution in [1.82, 2.24) is 15.1 Å². The van der Waals surface area contributed by atoms with E-state index < -0.39 is 17.5 Å². The number of alkyl halides is 1. The van der Waals surface area contributed by atoms with E-state index in [9.17, 15) is 18.4 Å². The number of aryl methyl sites for hydroxylation is 1. The van der Waals surface area contributed by atoms with Gasteiger partial charge in [-0.25, -0.2) is 13.6 Å². The minimum absolute atomic E-state index is 0.0305. The third kappa shape index (κ3) is 5.45. The lowest BCUT2D eigenvalue weighted by Gasteiger charge is -2.36. The second-order valence-electron chi connectivity index (χ2n) is 10.6. The van der Waals surface area contributed by atoms with Crippen LogP contribution in [0.3, 0.4) is 0 Å². The number of fused-ring (bicyclic) bond motifs is 1. The summed E-state index contributed by atoms with van der Waals surface area (Å²) < 4.78 is 41.4. The average molecular weight is 504 g/mol. The maximum absolute atomic E-state index is 14.3. The van der Waals surface area contributed by atoms with E-state index in [0.717, 1.165) is 36.7 Å². The minimum Gasteiger partial charge on any atom is -0.462 e.